The van der Waals surface area contributed by atoms with Crippen LogP contribution < -0.4 is 0 Å². The summed E-state index contributed by atoms with van der Waals surface area (Å²) in [5.41, 5.74) is 0.909. The Balaban J connectivity index is 0.000000271. The zero-order valence-electron chi connectivity index (χ0n) is 50.6. The van der Waals surface area contributed by atoms with Gasteiger partial charge in [-0.3, -0.25) is 0 Å². The average molecular weight is 1330 g/mol. The van der Waals surface area contributed by atoms with E-state index in [0.29, 0.717) is 22.3 Å². The third kappa shape index (κ3) is 19.8. The van der Waals surface area contributed by atoms with Crippen LogP contribution in [0.1, 0.15) is 89.4 Å². The Morgan fingerprint density at radius 3 is 0.646 bits per heavy atom. The summed E-state index contributed by atoms with van der Waals surface area (Å²) in [6.07, 6.45) is 1.20. The van der Waals surface area contributed by atoms with Crippen molar-refractivity contribution in [2.75, 3.05) is 26.4 Å². The fraction of sp³-hybridized carbons (Fsp3) is 0.235. The van der Waals surface area contributed by atoms with Crippen molar-refractivity contribution in [3.63, 3.8) is 0 Å². The van der Waals surface area contributed by atoms with Gasteiger partial charge < -0.3 is 121 Å². The largest absolute Gasteiger partial charge is 0.508 e. The van der Waals surface area contributed by atoms with E-state index in [4.69, 9.17) is 18.9 Å². The number of benzene rings is 8. The maximum absolute atomic E-state index is 12.9. The molecule has 8 rings (SSSR count). The third-order valence-corrected chi connectivity index (χ3v) is 15.2. The van der Waals surface area contributed by atoms with Crippen LogP contribution in [0.5, 0.6) is 115 Å². The number of carbonyl (C=O) groups is 4. The number of hydrogen-bond acceptors (Lipinski definition) is 28. The van der Waals surface area contributed by atoms with Crippen molar-refractivity contribution in [3.05, 3.63) is 166 Å². The smallest absolute Gasteiger partial charge is 0.338 e. The molecule has 0 aliphatic rings. The maximum Gasteiger partial charge on any atom is 0.338 e. The van der Waals surface area contributed by atoms with E-state index in [-0.39, 0.29) is 146 Å². The number of hydrogen-bond donors (Lipinski definition) is 20. The topological polar surface area (TPSA) is 510 Å². The minimum Gasteiger partial charge on any atom is -0.508 e. The third-order valence-electron chi connectivity index (χ3n) is 15.2. The van der Waals surface area contributed by atoms with Gasteiger partial charge in [0.25, 0.3) is 0 Å². The highest BCUT2D eigenvalue weighted by atomic mass is 16.5. The van der Waals surface area contributed by atoms with Gasteiger partial charge in [-0.1, -0.05) is 0 Å². The summed E-state index contributed by atoms with van der Waals surface area (Å²) in [5, 5.41) is 198. The van der Waals surface area contributed by atoms with Crippen molar-refractivity contribution in [2.45, 2.75) is 51.4 Å². The molecule has 0 amide bonds. The highest BCUT2D eigenvalue weighted by Crippen LogP contribution is 2.42. The highest BCUT2D eigenvalue weighted by Gasteiger charge is 2.30. The Hall–Kier alpha value is -12.4. The zero-order valence-corrected chi connectivity index (χ0v) is 50.6. The van der Waals surface area contributed by atoms with E-state index in [1.54, 1.807) is 0 Å². The number of esters is 4. The number of phenols is 20. The second kappa shape index (κ2) is 31.8. The van der Waals surface area contributed by atoms with Crippen molar-refractivity contribution in [1.82, 2.24) is 0 Å². The van der Waals surface area contributed by atoms with Crippen molar-refractivity contribution < 1.29 is 140 Å². The molecule has 0 aliphatic carbocycles. The standard InChI is InChI=1S/2C34H34O14/c2*35-23-10-20(11-24(36)14-23)33(45)47-3-1-2-19(4-17-6-27(39)31(43)28(40)7-17)22(5-18-8-29(41)32(44)30(42)9-18)16-48-34(46)21-12-25(37)15-26(38)13-21/h2*6-15,19,22,35-44H,1-5,16H2/t2*19-,22+/m10/s1. The van der Waals surface area contributed by atoms with Gasteiger partial charge in [0.05, 0.1) is 48.7 Å². The summed E-state index contributed by atoms with van der Waals surface area (Å²) in [5.74, 6) is -16.4. The van der Waals surface area contributed by atoms with Crippen LogP contribution in [0.15, 0.2) is 121 Å². The molecule has 0 spiro atoms. The molecule has 8 aromatic rings. The first-order valence-electron chi connectivity index (χ1n) is 29.2. The Kier molecular flexibility index (Phi) is 23.5. The zero-order chi connectivity index (χ0) is 70.2. The number of carbonyl (C=O) groups excluding carboxylic acids is 4. The van der Waals surface area contributed by atoms with Crippen LogP contribution in [0.3, 0.4) is 0 Å². The molecule has 0 heterocycles. The first-order chi connectivity index (χ1) is 45.4. The molecule has 20 N–H and O–H groups in total. The molecule has 0 aliphatic heterocycles. The molecule has 508 valence electrons. The van der Waals surface area contributed by atoms with Crippen molar-refractivity contribution in [2.24, 2.45) is 23.7 Å². The Bertz CT molecular complexity index is 3690. The van der Waals surface area contributed by atoms with Crippen LogP contribution in [0.2, 0.25) is 0 Å². The SMILES string of the molecule is O=C(OCCC[C@@H](Cc1cc(O)c(O)c(O)c1)[C@@H](COC(=O)c1cc(O)cc(O)c1)Cc1cc(O)c(O)c(O)c1)c1cc(O)cc(O)c1.O=C(OCCC[C@H](Cc1cc(O)c(O)c(O)c1)[C@H](COC(=O)c1cc(O)cc(O)c1)Cc1cc(O)c(O)c(O)c1)c1cc(O)cc(O)c1. The van der Waals surface area contributed by atoms with Crippen molar-refractivity contribution in [1.29, 1.82) is 0 Å². The minimum absolute atomic E-state index is 0.0308. The quantitative estimate of drug-likeness (QED) is 0.0104. The summed E-state index contributed by atoms with van der Waals surface area (Å²) < 4.78 is 21.7. The van der Waals surface area contributed by atoms with Gasteiger partial charge in [-0.2, -0.15) is 0 Å². The first-order valence-corrected chi connectivity index (χ1v) is 29.2. The van der Waals surface area contributed by atoms with Crippen LogP contribution in [0.4, 0.5) is 0 Å². The molecule has 0 aromatic heterocycles. The van der Waals surface area contributed by atoms with Gasteiger partial charge >= 0.3 is 23.9 Å². The van der Waals surface area contributed by atoms with Gasteiger partial charge in [0.2, 0.25) is 0 Å². The highest BCUT2D eigenvalue weighted by molar-refractivity contribution is 5.92. The van der Waals surface area contributed by atoms with Crippen molar-refractivity contribution in [3.8, 4) is 115 Å². The van der Waals surface area contributed by atoms with E-state index in [9.17, 15) is 121 Å². The van der Waals surface area contributed by atoms with Crippen LogP contribution in [0.25, 0.3) is 0 Å². The molecule has 0 unspecified atom stereocenters. The molecule has 0 bridgehead atoms. The number of aromatic hydroxyl groups is 20. The summed E-state index contributed by atoms with van der Waals surface area (Å²) in [7, 11) is 0. The van der Waals surface area contributed by atoms with Crippen LogP contribution in [-0.4, -0.2) is 152 Å². The number of rotatable bonds is 26. The average Bonchev–Trinajstić information content (AvgIpc) is 0.944. The van der Waals surface area contributed by atoms with E-state index in [0.717, 1.165) is 72.8 Å². The fourth-order valence-corrected chi connectivity index (χ4v) is 10.6. The molecule has 8 aromatic carbocycles. The van der Waals surface area contributed by atoms with E-state index in [1.165, 1.54) is 48.5 Å². The van der Waals surface area contributed by atoms with Gasteiger partial charge in [0.15, 0.2) is 69.0 Å². The molecule has 0 saturated heterocycles. The maximum atomic E-state index is 12.9. The Morgan fingerprint density at radius 2 is 0.438 bits per heavy atom. The van der Waals surface area contributed by atoms with Gasteiger partial charge in [-0.05, 0) is 183 Å². The van der Waals surface area contributed by atoms with E-state index in [2.05, 4.69) is 0 Å². The molecule has 0 fully saturated rings. The molecule has 4 atom stereocenters. The molecular weight excluding hydrogens is 1260 g/mol. The summed E-state index contributed by atoms with van der Waals surface area (Å²) in [6.45, 7) is -0.872. The van der Waals surface area contributed by atoms with Gasteiger partial charge in [0, 0.05) is 36.1 Å². The molecular formula is C68H68O28. The van der Waals surface area contributed by atoms with Gasteiger partial charge in [0.1, 0.15) is 46.0 Å². The second-order valence-corrected chi connectivity index (χ2v) is 22.5. The summed E-state index contributed by atoms with van der Waals surface area (Å²) in [4.78, 5) is 50.9. The Morgan fingerprint density at radius 1 is 0.250 bits per heavy atom. The van der Waals surface area contributed by atoms with Crippen LogP contribution in [-0.2, 0) is 44.6 Å². The lowest BCUT2D eigenvalue weighted by Crippen LogP contribution is -2.26. The summed E-state index contributed by atoms with van der Waals surface area (Å²) in [6, 6.07) is 22.7. The van der Waals surface area contributed by atoms with Crippen molar-refractivity contribution >= 4 is 23.9 Å². The van der Waals surface area contributed by atoms with Crippen LogP contribution in [0, 0.1) is 23.7 Å². The number of phenolic OH excluding ortho intramolecular Hbond substituents is 20. The normalized spacial score (nSPS) is 12.2. The Labute approximate surface area is 544 Å². The van der Waals surface area contributed by atoms with Crippen LogP contribution >= 0.6 is 0 Å². The van der Waals surface area contributed by atoms with E-state index < -0.39 is 117 Å². The van der Waals surface area contributed by atoms with E-state index >= 15 is 0 Å². The lowest BCUT2D eigenvalue weighted by atomic mass is 9.80. The molecule has 28 heteroatoms. The molecule has 96 heavy (non-hydrogen) atoms. The second-order valence-electron chi connectivity index (χ2n) is 22.5. The predicted molar refractivity (Wildman–Crippen MR) is 333 cm³/mol. The van der Waals surface area contributed by atoms with Gasteiger partial charge in [-0.25, -0.2) is 19.2 Å². The van der Waals surface area contributed by atoms with E-state index in [1.807, 2.05) is 0 Å². The molecule has 28 nitrogen and oxygen atoms in total. The fourth-order valence-electron chi connectivity index (χ4n) is 10.6. The first kappa shape index (κ1) is 71.1. The molecule has 0 radical (unpaired) electrons. The lowest BCUT2D eigenvalue weighted by Gasteiger charge is -2.28. The minimum atomic E-state index is -0.899. The monoisotopic (exact) mass is 1330 g/mol. The summed E-state index contributed by atoms with van der Waals surface area (Å²) >= 11 is 0. The predicted octanol–water partition coefficient (Wildman–Crippen LogP) is 8.51. The lowest BCUT2D eigenvalue weighted by molar-refractivity contribution is 0.0358. The molecule has 0 saturated carbocycles. The van der Waals surface area contributed by atoms with Gasteiger partial charge in [-0.15, -0.1) is 0 Å². The number of ether oxygens (including phenoxy) is 4.